The Hall–Kier alpha value is -2.37. The number of piperidine rings is 1. The van der Waals surface area contributed by atoms with E-state index in [1.54, 1.807) is 6.92 Å². The zero-order chi connectivity index (χ0) is 21.6. The summed E-state index contributed by atoms with van der Waals surface area (Å²) in [6.45, 7) is 6.46. The number of likely N-dealkylation sites (tertiary alicyclic amines) is 1. The van der Waals surface area contributed by atoms with Crippen molar-refractivity contribution in [2.24, 2.45) is 5.92 Å². The van der Waals surface area contributed by atoms with Gasteiger partial charge in [0.1, 0.15) is 12.4 Å². The molecule has 2 heterocycles. The van der Waals surface area contributed by atoms with Gasteiger partial charge < -0.3 is 9.64 Å². The molecular weight excluding hydrogens is 424 g/mol. The molecular formula is C26H33ClN2O3. The van der Waals surface area contributed by atoms with E-state index in [-0.39, 0.29) is 24.1 Å². The maximum absolute atomic E-state index is 12.9. The van der Waals surface area contributed by atoms with Crippen LogP contribution in [0.25, 0.3) is 0 Å². The summed E-state index contributed by atoms with van der Waals surface area (Å²) >= 11 is 0. The number of amides is 1. The van der Waals surface area contributed by atoms with Crippen molar-refractivity contribution < 1.29 is 14.3 Å². The molecule has 0 spiro atoms. The number of hydrogen-bond donors (Lipinski definition) is 0. The van der Waals surface area contributed by atoms with Crippen LogP contribution in [0.2, 0.25) is 0 Å². The Morgan fingerprint density at radius 1 is 1.03 bits per heavy atom. The van der Waals surface area contributed by atoms with Crippen LogP contribution in [0, 0.1) is 5.92 Å². The van der Waals surface area contributed by atoms with E-state index >= 15 is 0 Å². The lowest BCUT2D eigenvalue weighted by molar-refractivity contribution is -0.130. The van der Waals surface area contributed by atoms with E-state index in [1.807, 2.05) is 29.2 Å². The number of halogens is 1. The zero-order valence-electron chi connectivity index (χ0n) is 18.8. The summed E-state index contributed by atoms with van der Waals surface area (Å²) in [6, 6.07) is 16.4. The van der Waals surface area contributed by atoms with Crippen molar-refractivity contribution in [1.82, 2.24) is 9.80 Å². The highest BCUT2D eigenvalue weighted by Crippen LogP contribution is 2.27. The van der Waals surface area contributed by atoms with Gasteiger partial charge in [-0.2, -0.15) is 0 Å². The Bertz CT molecular complexity index is 911. The smallest absolute Gasteiger partial charge is 0.219 e. The van der Waals surface area contributed by atoms with Gasteiger partial charge in [0.15, 0.2) is 5.78 Å². The standard InChI is InChI=1S/C26H32N2O3.ClH/c1-20(29)28-13-11-21(12-14-28)7-9-25(30)23-8-10-26-24(17-23)19-27(15-16-31-26)18-22-5-3-2-4-6-22;/h2-6,8,10,17,21H,7,9,11-16,18-19H2,1H3;1H. The number of nitrogens with zero attached hydrogens (tertiary/aromatic N) is 2. The Balaban J connectivity index is 0.00000289. The summed E-state index contributed by atoms with van der Waals surface area (Å²) in [5.74, 6) is 1.78. The van der Waals surface area contributed by atoms with Gasteiger partial charge >= 0.3 is 0 Å². The van der Waals surface area contributed by atoms with Crippen LogP contribution in [0.4, 0.5) is 0 Å². The van der Waals surface area contributed by atoms with Crippen molar-refractivity contribution in [3.05, 3.63) is 65.2 Å². The molecule has 6 heteroatoms. The molecule has 2 aliphatic rings. The highest BCUT2D eigenvalue weighted by molar-refractivity contribution is 5.96. The number of carbonyl (C=O) groups excluding carboxylic acids is 2. The van der Waals surface area contributed by atoms with Gasteiger partial charge in [0.05, 0.1) is 0 Å². The van der Waals surface area contributed by atoms with Gasteiger partial charge in [0.2, 0.25) is 5.91 Å². The zero-order valence-corrected chi connectivity index (χ0v) is 19.6. The maximum Gasteiger partial charge on any atom is 0.219 e. The topological polar surface area (TPSA) is 49.9 Å². The third kappa shape index (κ3) is 6.33. The van der Waals surface area contributed by atoms with Crippen molar-refractivity contribution in [3.8, 4) is 5.75 Å². The van der Waals surface area contributed by atoms with Crippen molar-refractivity contribution in [2.75, 3.05) is 26.2 Å². The third-order valence-corrected chi connectivity index (χ3v) is 6.53. The molecule has 0 unspecified atom stereocenters. The summed E-state index contributed by atoms with van der Waals surface area (Å²) in [5, 5.41) is 0. The number of benzene rings is 2. The predicted molar refractivity (Wildman–Crippen MR) is 128 cm³/mol. The fourth-order valence-corrected chi connectivity index (χ4v) is 4.61. The summed E-state index contributed by atoms with van der Waals surface area (Å²) in [6.07, 6.45) is 3.47. The molecule has 0 radical (unpaired) electrons. The lowest BCUT2D eigenvalue weighted by Gasteiger charge is -2.31. The number of rotatable bonds is 6. The van der Waals surface area contributed by atoms with Crippen LogP contribution in [-0.2, 0) is 17.9 Å². The molecule has 1 amide bonds. The summed E-state index contributed by atoms with van der Waals surface area (Å²) in [5.41, 5.74) is 3.16. The van der Waals surface area contributed by atoms with Crippen LogP contribution in [0.15, 0.2) is 48.5 Å². The average Bonchev–Trinajstić information content (AvgIpc) is 2.99. The molecule has 0 aliphatic carbocycles. The summed E-state index contributed by atoms with van der Waals surface area (Å²) < 4.78 is 5.95. The highest BCUT2D eigenvalue weighted by Gasteiger charge is 2.22. The van der Waals surface area contributed by atoms with Crippen LogP contribution in [-0.4, -0.2) is 47.7 Å². The van der Waals surface area contributed by atoms with E-state index in [2.05, 4.69) is 29.2 Å². The first kappa shape index (κ1) is 24.3. The number of ketones is 1. The fraction of sp³-hybridized carbons (Fsp3) is 0.462. The van der Waals surface area contributed by atoms with Crippen LogP contribution < -0.4 is 4.74 Å². The Morgan fingerprint density at radius 2 is 1.78 bits per heavy atom. The first-order valence-corrected chi connectivity index (χ1v) is 11.4. The van der Waals surface area contributed by atoms with Gasteiger partial charge in [-0.1, -0.05) is 30.3 Å². The maximum atomic E-state index is 12.9. The Kier molecular flexibility index (Phi) is 8.71. The van der Waals surface area contributed by atoms with E-state index in [0.29, 0.717) is 18.9 Å². The fourth-order valence-electron chi connectivity index (χ4n) is 4.61. The monoisotopic (exact) mass is 456 g/mol. The Labute approximate surface area is 197 Å². The van der Waals surface area contributed by atoms with Crippen molar-refractivity contribution in [3.63, 3.8) is 0 Å². The second-order valence-electron chi connectivity index (χ2n) is 8.78. The first-order chi connectivity index (χ1) is 15.1. The second-order valence-corrected chi connectivity index (χ2v) is 8.78. The van der Waals surface area contributed by atoms with Crippen LogP contribution >= 0.6 is 12.4 Å². The molecule has 32 heavy (non-hydrogen) atoms. The van der Waals surface area contributed by atoms with Crippen molar-refractivity contribution >= 4 is 24.1 Å². The van der Waals surface area contributed by atoms with E-state index in [4.69, 9.17) is 4.74 Å². The molecule has 0 atom stereocenters. The van der Waals surface area contributed by atoms with E-state index in [0.717, 1.165) is 68.9 Å². The number of fused-ring (bicyclic) bond motifs is 1. The molecule has 0 aromatic heterocycles. The van der Waals surface area contributed by atoms with Crippen molar-refractivity contribution in [1.29, 1.82) is 0 Å². The van der Waals surface area contributed by atoms with Gasteiger partial charge in [0.25, 0.3) is 0 Å². The highest BCUT2D eigenvalue weighted by atomic mass is 35.5. The molecule has 4 rings (SSSR count). The van der Waals surface area contributed by atoms with E-state index in [9.17, 15) is 9.59 Å². The number of Topliss-reactive ketones (excluding diaryl/α,β-unsaturated/α-hetero) is 1. The summed E-state index contributed by atoms with van der Waals surface area (Å²) in [7, 11) is 0. The normalized spacial score (nSPS) is 17.0. The minimum atomic E-state index is 0. The molecule has 2 aromatic rings. The first-order valence-electron chi connectivity index (χ1n) is 11.4. The quantitative estimate of drug-likeness (QED) is 0.590. The number of hydrogen-bond acceptors (Lipinski definition) is 4. The molecule has 2 aromatic carbocycles. The molecule has 5 nitrogen and oxygen atoms in total. The minimum Gasteiger partial charge on any atom is -0.492 e. The van der Waals surface area contributed by atoms with Gasteiger partial charge in [-0.05, 0) is 48.9 Å². The molecule has 1 fully saturated rings. The molecule has 0 N–H and O–H groups in total. The minimum absolute atomic E-state index is 0. The van der Waals surface area contributed by atoms with Crippen LogP contribution in [0.5, 0.6) is 5.75 Å². The molecule has 0 bridgehead atoms. The summed E-state index contributed by atoms with van der Waals surface area (Å²) in [4.78, 5) is 28.6. The Morgan fingerprint density at radius 3 is 2.50 bits per heavy atom. The number of carbonyl (C=O) groups is 2. The second kappa shape index (κ2) is 11.5. The van der Waals surface area contributed by atoms with Gasteiger partial charge in [-0.25, -0.2) is 0 Å². The van der Waals surface area contributed by atoms with Crippen LogP contribution in [0.3, 0.4) is 0 Å². The largest absolute Gasteiger partial charge is 0.492 e. The number of ether oxygens (including phenoxy) is 1. The van der Waals surface area contributed by atoms with E-state index < -0.39 is 0 Å². The average molecular weight is 457 g/mol. The van der Waals surface area contributed by atoms with Gasteiger partial charge in [0, 0.05) is 57.2 Å². The lowest BCUT2D eigenvalue weighted by Crippen LogP contribution is -2.37. The predicted octanol–water partition coefficient (Wildman–Crippen LogP) is 4.72. The van der Waals surface area contributed by atoms with Gasteiger partial charge in [-0.15, -0.1) is 12.4 Å². The third-order valence-electron chi connectivity index (χ3n) is 6.53. The van der Waals surface area contributed by atoms with Crippen molar-refractivity contribution in [2.45, 2.75) is 45.7 Å². The molecule has 1 saturated heterocycles. The van der Waals surface area contributed by atoms with E-state index in [1.165, 1.54) is 5.56 Å². The molecule has 172 valence electrons. The SMILES string of the molecule is CC(=O)N1CCC(CCC(=O)c2ccc3c(c2)CN(Cc2ccccc2)CCO3)CC1.Cl. The van der Waals surface area contributed by atoms with Crippen LogP contribution in [0.1, 0.15) is 54.1 Å². The molecule has 2 aliphatic heterocycles. The lowest BCUT2D eigenvalue weighted by atomic mass is 9.90. The van der Waals surface area contributed by atoms with Gasteiger partial charge in [-0.3, -0.25) is 14.5 Å². The molecule has 0 saturated carbocycles.